The van der Waals surface area contributed by atoms with Crippen LogP contribution in [0, 0.1) is 5.41 Å². The van der Waals surface area contributed by atoms with Crippen molar-refractivity contribution in [2.24, 2.45) is 11.1 Å². The summed E-state index contributed by atoms with van der Waals surface area (Å²) in [5, 5.41) is 0. The molecule has 0 saturated carbocycles. The van der Waals surface area contributed by atoms with E-state index < -0.39 is 10.8 Å². The van der Waals surface area contributed by atoms with Crippen LogP contribution in [0.5, 0.6) is 0 Å². The lowest BCUT2D eigenvalue weighted by Gasteiger charge is -2.21. The molecule has 0 aliphatic heterocycles. The number of fused-ring (bicyclic) bond motifs is 1. The van der Waals surface area contributed by atoms with Crippen molar-refractivity contribution in [3.8, 4) is 0 Å². The zero-order valence-electron chi connectivity index (χ0n) is 11.4. The first-order chi connectivity index (χ1) is 8.52. The number of aryl methyl sites for hydroxylation is 2. The molecule has 0 saturated heterocycles. The normalized spacial score (nSPS) is 16.6. The quantitative estimate of drug-likeness (QED) is 0.889. The van der Waals surface area contributed by atoms with E-state index in [2.05, 4.69) is 26.0 Å². The van der Waals surface area contributed by atoms with Gasteiger partial charge in [0.1, 0.15) is 0 Å². The molecule has 1 unspecified atom stereocenters. The number of benzene rings is 1. The molecule has 18 heavy (non-hydrogen) atoms. The third kappa shape index (κ3) is 3.21. The van der Waals surface area contributed by atoms with E-state index >= 15 is 0 Å². The number of hydrogen-bond acceptors (Lipinski definition) is 2. The van der Waals surface area contributed by atoms with Gasteiger partial charge in [-0.2, -0.15) is 0 Å². The second kappa shape index (κ2) is 5.54. The van der Waals surface area contributed by atoms with Crippen LogP contribution in [0.2, 0.25) is 0 Å². The highest BCUT2D eigenvalue weighted by atomic mass is 32.2. The van der Waals surface area contributed by atoms with E-state index in [1.807, 2.05) is 6.07 Å². The fourth-order valence-corrected chi connectivity index (χ4v) is 3.75. The molecule has 1 aliphatic carbocycles. The van der Waals surface area contributed by atoms with Gasteiger partial charge >= 0.3 is 0 Å². The zero-order valence-corrected chi connectivity index (χ0v) is 12.2. The summed E-state index contributed by atoms with van der Waals surface area (Å²) in [7, 11) is -0.879. The van der Waals surface area contributed by atoms with Gasteiger partial charge in [0.05, 0.1) is 10.8 Å². The molecule has 0 aromatic heterocycles. The minimum Gasteiger partial charge on any atom is -0.330 e. The monoisotopic (exact) mass is 265 g/mol. The highest BCUT2D eigenvalue weighted by Crippen LogP contribution is 2.25. The highest BCUT2D eigenvalue weighted by molar-refractivity contribution is 7.85. The van der Waals surface area contributed by atoms with Crippen LogP contribution in [0.25, 0.3) is 0 Å². The van der Waals surface area contributed by atoms with Crippen molar-refractivity contribution in [1.29, 1.82) is 0 Å². The molecule has 0 spiro atoms. The average Bonchev–Trinajstić information content (AvgIpc) is 2.83. The van der Waals surface area contributed by atoms with E-state index in [-0.39, 0.29) is 5.41 Å². The molecule has 100 valence electrons. The van der Waals surface area contributed by atoms with Crippen LogP contribution in [0.1, 0.15) is 37.8 Å². The molecule has 0 amide bonds. The number of nitrogens with two attached hydrogens (primary N) is 1. The Balaban J connectivity index is 2.01. The third-order valence-corrected chi connectivity index (χ3v) is 5.20. The Morgan fingerprint density at radius 3 is 2.72 bits per heavy atom. The predicted octanol–water partition coefficient (Wildman–Crippen LogP) is 2.66. The van der Waals surface area contributed by atoms with Crippen molar-refractivity contribution >= 4 is 10.8 Å². The molecule has 1 aliphatic rings. The molecule has 2 nitrogen and oxygen atoms in total. The van der Waals surface area contributed by atoms with Gasteiger partial charge in [-0.1, -0.05) is 19.9 Å². The van der Waals surface area contributed by atoms with Gasteiger partial charge in [0.25, 0.3) is 0 Å². The molecular weight excluding hydrogens is 242 g/mol. The lowest BCUT2D eigenvalue weighted by molar-refractivity contribution is 0.367. The number of hydrogen-bond donors (Lipinski definition) is 1. The van der Waals surface area contributed by atoms with Crippen molar-refractivity contribution in [1.82, 2.24) is 0 Å². The summed E-state index contributed by atoms with van der Waals surface area (Å²) < 4.78 is 12.3. The Hall–Kier alpha value is -0.670. The summed E-state index contributed by atoms with van der Waals surface area (Å²) in [5.74, 6) is 0.711. The van der Waals surface area contributed by atoms with Gasteiger partial charge in [-0.05, 0) is 60.9 Å². The summed E-state index contributed by atoms with van der Waals surface area (Å²) in [6, 6.07) is 6.34. The Morgan fingerprint density at radius 1 is 1.28 bits per heavy atom. The second-order valence-corrected chi connectivity index (χ2v) is 7.52. The molecular formula is C15H23NOS. The van der Waals surface area contributed by atoms with Crippen molar-refractivity contribution in [3.05, 3.63) is 29.3 Å². The third-order valence-electron chi connectivity index (χ3n) is 3.85. The molecule has 2 N–H and O–H groups in total. The van der Waals surface area contributed by atoms with Gasteiger partial charge in [0.15, 0.2) is 0 Å². The van der Waals surface area contributed by atoms with E-state index in [9.17, 15) is 4.21 Å². The van der Waals surface area contributed by atoms with Gasteiger partial charge in [0.2, 0.25) is 0 Å². The Kier molecular flexibility index (Phi) is 4.23. The lowest BCUT2D eigenvalue weighted by Crippen LogP contribution is -2.25. The minimum atomic E-state index is -0.879. The van der Waals surface area contributed by atoms with E-state index in [1.54, 1.807) is 0 Å². The first-order valence-corrected chi connectivity index (χ1v) is 8.04. The van der Waals surface area contributed by atoms with Gasteiger partial charge in [-0.3, -0.25) is 4.21 Å². The summed E-state index contributed by atoms with van der Waals surface area (Å²) in [5.41, 5.74) is 8.64. The van der Waals surface area contributed by atoms with Crippen LogP contribution in [-0.4, -0.2) is 16.5 Å². The smallest absolute Gasteiger partial charge is 0.0529 e. The minimum absolute atomic E-state index is 0.0897. The Labute approximate surface area is 112 Å². The molecule has 0 radical (unpaired) electrons. The van der Waals surface area contributed by atoms with Crippen LogP contribution >= 0.6 is 0 Å². The Bertz CT molecular complexity index is 454. The van der Waals surface area contributed by atoms with Crippen molar-refractivity contribution in [2.75, 3.05) is 12.3 Å². The lowest BCUT2D eigenvalue weighted by atomic mass is 9.91. The van der Waals surface area contributed by atoms with Gasteiger partial charge in [-0.15, -0.1) is 0 Å². The average molecular weight is 265 g/mol. The van der Waals surface area contributed by atoms with Gasteiger partial charge < -0.3 is 5.73 Å². The second-order valence-electron chi connectivity index (χ2n) is 5.95. The molecule has 0 heterocycles. The Morgan fingerprint density at radius 2 is 2.00 bits per heavy atom. The van der Waals surface area contributed by atoms with Crippen molar-refractivity contribution < 1.29 is 4.21 Å². The molecule has 1 aromatic rings. The molecule has 0 fully saturated rings. The highest BCUT2D eigenvalue weighted by Gasteiger charge is 2.18. The standard InChI is InChI=1S/C15H23NOS/c1-15(2,11-16)8-9-18(17)14-7-6-12-4-3-5-13(12)10-14/h6-7,10H,3-5,8-9,11,16H2,1-2H3. The van der Waals surface area contributed by atoms with E-state index in [0.717, 1.165) is 17.7 Å². The van der Waals surface area contributed by atoms with E-state index in [4.69, 9.17) is 5.73 Å². The fraction of sp³-hybridized carbons (Fsp3) is 0.600. The first-order valence-electron chi connectivity index (χ1n) is 6.72. The maximum Gasteiger partial charge on any atom is 0.0529 e. The van der Waals surface area contributed by atoms with Crippen molar-refractivity contribution in [2.45, 2.75) is 44.4 Å². The van der Waals surface area contributed by atoms with Gasteiger partial charge in [0, 0.05) is 10.6 Å². The van der Waals surface area contributed by atoms with Crippen LogP contribution in [0.15, 0.2) is 23.1 Å². The molecule has 0 bridgehead atoms. The molecule has 1 atom stereocenters. The predicted molar refractivity (Wildman–Crippen MR) is 77.2 cm³/mol. The maximum atomic E-state index is 12.3. The summed E-state index contributed by atoms with van der Waals surface area (Å²) in [6.45, 7) is 4.91. The van der Waals surface area contributed by atoms with Crippen LogP contribution in [0.4, 0.5) is 0 Å². The maximum absolute atomic E-state index is 12.3. The SMILES string of the molecule is CC(C)(CN)CCS(=O)c1ccc2c(c1)CCC2. The first kappa shape index (κ1) is 13.8. The molecule has 1 aromatic carbocycles. The summed E-state index contributed by atoms with van der Waals surface area (Å²) in [6.07, 6.45) is 4.48. The van der Waals surface area contributed by atoms with Crippen LogP contribution in [-0.2, 0) is 23.6 Å². The van der Waals surface area contributed by atoms with E-state index in [1.165, 1.54) is 24.0 Å². The van der Waals surface area contributed by atoms with Crippen LogP contribution in [0.3, 0.4) is 0 Å². The molecule has 3 heteroatoms. The molecule has 2 rings (SSSR count). The van der Waals surface area contributed by atoms with E-state index in [0.29, 0.717) is 12.3 Å². The van der Waals surface area contributed by atoms with Gasteiger partial charge in [-0.25, -0.2) is 0 Å². The zero-order chi connectivity index (χ0) is 13.2. The van der Waals surface area contributed by atoms with Crippen molar-refractivity contribution in [3.63, 3.8) is 0 Å². The fourth-order valence-electron chi connectivity index (χ4n) is 2.28. The van der Waals surface area contributed by atoms with Crippen LogP contribution < -0.4 is 5.73 Å². The summed E-state index contributed by atoms with van der Waals surface area (Å²) in [4.78, 5) is 0.989. The number of rotatable bonds is 5. The topological polar surface area (TPSA) is 43.1 Å². The summed E-state index contributed by atoms with van der Waals surface area (Å²) >= 11 is 0. The largest absolute Gasteiger partial charge is 0.330 e.